The van der Waals surface area contributed by atoms with Crippen molar-refractivity contribution < 1.29 is 14.3 Å². The van der Waals surface area contributed by atoms with Crippen LogP contribution in [0.3, 0.4) is 0 Å². The molecule has 1 aliphatic heterocycles. The van der Waals surface area contributed by atoms with Crippen LogP contribution in [0.15, 0.2) is 30.3 Å². The van der Waals surface area contributed by atoms with E-state index >= 15 is 0 Å². The van der Waals surface area contributed by atoms with E-state index in [1.165, 1.54) is 0 Å². The van der Waals surface area contributed by atoms with Crippen LogP contribution < -0.4 is 0 Å². The second kappa shape index (κ2) is 5.97. The molecular weight excluding hydrogens is 242 g/mol. The molecule has 2 atom stereocenters. The summed E-state index contributed by atoms with van der Waals surface area (Å²) in [5, 5.41) is 0. The highest BCUT2D eigenvalue weighted by molar-refractivity contribution is 5.94. The SMILES string of the molecule is CCOC(=O)CC1C(=O)CN1[C@H](C)c1ccccc1. The summed E-state index contributed by atoms with van der Waals surface area (Å²) in [6.45, 7) is 4.60. The van der Waals surface area contributed by atoms with Crippen LogP contribution in [0.5, 0.6) is 0 Å². The van der Waals surface area contributed by atoms with Gasteiger partial charge in [0.1, 0.15) is 0 Å². The van der Waals surface area contributed by atoms with Crippen LogP contribution in [0.1, 0.15) is 31.9 Å². The molecule has 1 heterocycles. The third kappa shape index (κ3) is 3.01. The fourth-order valence-corrected chi connectivity index (χ4v) is 2.41. The lowest BCUT2D eigenvalue weighted by Gasteiger charge is -2.43. The van der Waals surface area contributed by atoms with Crippen molar-refractivity contribution in [2.45, 2.75) is 32.4 Å². The summed E-state index contributed by atoms with van der Waals surface area (Å²) in [6, 6.07) is 9.81. The van der Waals surface area contributed by atoms with Crippen LogP contribution in [0, 0.1) is 0 Å². The molecular formula is C15H19NO3. The van der Waals surface area contributed by atoms with Crippen LogP contribution in [-0.4, -0.2) is 35.8 Å². The maximum Gasteiger partial charge on any atom is 0.307 e. The first-order valence-electron chi connectivity index (χ1n) is 6.62. The highest BCUT2D eigenvalue weighted by Crippen LogP contribution is 2.29. The molecule has 1 fully saturated rings. The average molecular weight is 261 g/mol. The Morgan fingerprint density at radius 2 is 2.11 bits per heavy atom. The van der Waals surface area contributed by atoms with Gasteiger partial charge in [0, 0.05) is 6.04 Å². The number of ether oxygens (including phenoxy) is 1. The Morgan fingerprint density at radius 1 is 1.42 bits per heavy atom. The van der Waals surface area contributed by atoms with Gasteiger partial charge in [-0.2, -0.15) is 0 Å². The summed E-state index contributed by atoms with van der Waals surface area (Å²) in [6.07, 6.45) is 0.157. The molecule has 2 rings (SSSR count). The van der Waals surface area contributed by atoms with E-state index in [1.54, 1.807) is 6.92 Å². The zero-order valence-electron chi connectivity index (χ0n) is 11.3. The summed E-state index contributed by atoms with van der Waals surface area (Å²) in [4.78, 5) is 25.2. The molecule has 4 heteroatoms. The van der Waals surface area contributed by atoms with E-state index < -0.39 is 0 Å². The van der Waals surface area contributed by atoms with E-state index in [1.807, 2.05) is 30.3 Å². The minimum atomic E-state index is -0.325. The summed E-state index contributed by atoms with van der Waals surface area (Å²) in [7, 11) is 0. The lowest BCUT2D eigenvalue weighted by molar-refractivity contribution is -0.152. The van der Waals surface area contributed by atoms with Crippen molar-refractivity contribution in [1.82, 2.24) is 4.90 Å². The van der Waals surface area contributed by atoms with Gasteiger partial charge in [-0.15, -0.1) is 0 Å². The number of carbonyl (C=O) groups is 2. The van der Waals surface area contributed by atoms with E-state index in [4.69, 9.17) is 4.74 Å². The minimum absolute atomic E-state index is 0.121. The number of hydrogen-bond donors (Lipinski definition) is 0. The van der Waals surface area contributed by atoms with Gasteiger partial charge in [0.25, 0.3) is 0 Å². The predicted octanol–water partition coefficient (Wildman–Crippen LogP) is 1.95. The minimum Gasteiger partial charge on any atom is -0.466 e. The van der Waals surface area contributed by atoms with Gasteiger partial charge in [0.15, 0.2) is 5.78 Å². The molecule has 0 N–H and O–H groups in total. The molecule has 0 saturated carbocycles. The molecule has 0 amide bonds. The van der Waals surface area contributed by atoms with Crippen LogP contribution in [0.25, 0.3) is 0 Å². The van der Waals surface area contributed by atoms with E-state index in [2.05, 4.69) is 11.8 Å². The van der Waals surface area contributed by atoms with Gasteiger partial charge in [-0.05, 0) is 19.4 Å². The topological polar surface area (TPSA) is 46.6 Å². The van der Waals surface area contributed by atoms with Gasteiger partial charge < -0.3 is 4.74 Å². The lowest BCUT2D eigenvalue weighted by atomic mass is 9.93. The standard InChI is InChI=1S/C15H19NO3/c1-3-19-15(18)9-13-14(17)10-16(13)11(2)12-7-5-4-6-8-12/h4-8,11,13H,3,9-10H2,1-2H3/t11-,13?/m1/s1. The van der Waals surface area contributed by atoms with Crippen molar-refractivity contribution in [2.24, 2.45) is 0 Å². The van der Waals surface area contributed by atoms with E-state index in [9.17, 15) is 9.59 Å². The van der Waals surface area contributed by atoms with Gasteiger partial charge in [0.2, 0.25) is 0 Å². The molecule has 0 spiro atoms. The van der Waals surface area contributed by atoms with Gasteiger partial charge in [-0.1, -0.05) is 30.3 Å². The second-order valence-electron chi connectivity index (χ2n) is 4.75. The zero-order chi connectivity index (χ0) is 13.8. The van der Waals surface area contributed by atoms with Gasteiger partial charge in [-0.25, -0.2) is 0 Å². The smallest absolute Gasteiger partial charge is 0.307 e. The maximum atomic E-state index is 11.7. The van der Waals surface area contributed by atoms with Gasteiger partial charge >= 0.3 is 5.97 Å². The lowest BCUT2D eigenvalue weighted by Crippen LogP contribution is -2.58. The van der Waals surface area contributed by atoms with Crippen LogP contribution >= 0.6 is 0 Å². The molecule has 19 heavy (non-hydrogen) atoms. The highest BCUT2D eigenvalue weighted by atomic mass is 16.5. The number of likely N-dealkylation sites (tertiary alicyclic amines) is 1. The summed E-state index contributed by atoms with van der Waals surface area (Å²) < 4.78 is 4.91. The fraction of sp³-hybridized carbons (Fsp3) is 0.467. The van der Waals surface area contributed by atoms with Crippen LogP contribution in [-0.2, 0) is 14.3 Å². The Hall–Kier alpha value is -1.68. The van der Waals surface area contributed by atoms with Crippen molar-refractivity contribution in [1.29, 1.82) is 0 Å². The second-order valence-corrected chi connectivity index (χ2v) is 4.75. The van der Waals surface area contributed by atoms with Crippen molar-refractivity contribution in [3.05, 3.63) is 35.9 Å². The summed E-state index contributed by atoms with van der Waals surface area (Å²) in [5.41, 5.74) is 1.16. The summed E-state index contributed by atoms with van der Waals surface area (Å²) >= 11 is 0. The normalized spacial score (nSPS) is 20.7. The number of esters is 1. The number of carbonyl (C=O) groups excluding carboxylic acids is 2. The van der Waals surface area contributed by atoms with Crippen molar-refractivity contribution >= 4 is 11.8 Å². The Kier molecular flexibility index (Phi) is 4.32. The predicted molar refractivity (Wildman–Crippen MR) is 71.6 cm³/mol. The van der Waals surface area contributed by atoms with Gasteiger partial charge in [0.05, 0.1) is 25.6 Å². The van der Waals surface area contributed by atoms with E-state index in [-0.39, 0.29) is 30.3 Å². The Morgan fingerprint density at radius 3 is 2.68 bits per heavy atom. The molecule has 0 radical (unpaired) electrons. The quantitative estimate of drug-likeness (QED) is 0.760. The van der Waals surface area contributed by atoms with Crippen molar-refractivity contribution in [2.75, 3.05) is 13.2 Å². The first-order valence-corrected chi connectivity index (χ1v) is 6.62. The Bertz CT molecular complexity index is 458. The van der Waals surface area contributed by atoms with Crippen LogP contribution in [0.4, 0.5) is 0 Å². The molecule has 102 valence electrons. The number of hydrogen-bond acceptors (Lipinski definition) is 4. The number of rotatable bonds is 5. The molecule has 4 nitrogen and oxygen atoms in total. The molecule has 0 bridgehead atoms. The molecule has 1 aromatic carbocycles. The molecule has 0 aliphatic carbocycles. The maximum absolute atomic E-state index is 11.7. The van der Waals surface area contributed by atoms with Crippen molar-refractivity contribution in [3.63, 3.8) is 0 Å². The summed E-state index contributed by atoms with van der Waals surface area (Å²) in [5.74, 6) is -0.179. The fourth-order valence-electron chi connectivity index (χ4n) is 2.41. The number of nitrogens with zero attached hydrogens (tertiary/aromatic N) is 1. The largest absolute Gasteiger partial charge is 0.466 e. The molecule has 1 unspecified atom stereocenters. The Labute approximate surface area is 113 Å². The average Bonchev–Trinajstić information content (AvgIpc) is 2.43. The van der Waals surface area contributed by atoms with Gasteiger partial charge in [-0.3, -0.25) is 14.5 Å². The monoisotopic (exact) mass is 261 g/mol. The third-order valence-electron chi connectivity index (χ3n) is 3.56. The molecule has 0 aromatic heterocycles. The highest BCUT2D eigenvalue weighted by Gasteiger charge is 2.41. The number of benzene rings is 1. The third-order valence-corrected chi connectivity index (χ3v) is 3.56. The molecule has 1 saturated heterocycles. The Balaban J connectivity index is 2.01. The van der Waals surface area contributed by atoms with Crippen LogP contribution in [0.2, 0.25) is 0 Å². The van der Waals surface area contributed by atoms with Crippen molar-refractivity contribution in [3.8, 4) is 0 Å². The first-order chi connectivity index (χ1) is 9.13. The number of Topliss-reactive ketones (excluding diaryl/α,β-unsaturated/α-hetero) is 1. The van der Waals surface area contributed by atoms with E-state index in [0.29, 0.717) is 13.2 Å². The first kappa shape index (κ1) is 13.7. The zero-order valence-corrected chi connectivity index (χ0v) is 11.3. The molecule has 1 aliphatic rings. The number of ketones is 1. The van der Waals surface area contributed by atoms with E-state index in [0.717, 1.165) is 5.56 Å². The molecule has 1 aromatic rings.